The van der Waals surface area contributed by atoms with Crippen LogP contribution in [-0.2, 0) is 11.3 Å². The first kappa shape index (κ1) is 24.7. The highest BCUT2D eigenvalue weighted by Gasteiger charge is 2.27. The summed E-state index contributed by atoms with van der Waals surface area (Å²) in [6.45, 7) is 8.42. The Labute approximate surface area is 216 Å². The topological polar surface area (TPSA) is 98.1 Å². The van der Waals surface area contributed by atoms with Gasteiger partial charge in [-0.25, -0.2) is 14.8 Å². The van der Waals surface area contributed by atoms with Gasteiger partial charge in [0, 0.05) is 43.8 Å². The smallest absolute Gasteiger partial charge is 0.410 e. The van der Waals surface area contributed by atoms with Crippen LogP contribution in [0.4, 0.5) is 10.6 Å². The van der Waals surface area contributed by atoms with Crippen LogP contribution in [0.2, 0.25) is 0 Å². The lowest BCUT2D eigenvalue weighted by Crippen LogP contribution is -2.44. The molecule has 3 aromatic heterocycles. The summed E-state index contributed by atoms with van der Waals surface area (Å²) in [6.07, 6.45) is 8.92. The van der Waals surface area contributed by atoms with Gasteiger partial charge in [0.25, 0.3) is 0 Å². The number of piperidine rings is 1. The van der Waals surface area contributed by atoms with Crippen LogP contribution in [0.15, 0.2) is 61.2 Å². The number of rotatable bonds is 6. The highest BCUT2D eigenvalue weighted by atomic mass is 16.6. The maximum absolute atomic E-state index is 12.6. The summed E-state index contributed by atoms with van der Waals surface area (Å²) in [5.41, 5.74) is 3.88. The van der Waals surface area contributed by atoms with Gasteiger partial charge in [0.05, 0.1) is 24.0 Å². The number of fused-ring (bicyclic) bond motifs is 1. The van der Waals surface area contributed by atoms with Crippen molar-refractivity contribution in [2.45, 2.75) is 45.8 Å². The number of anilines is 1. The average molecular weight is 500 g/mol. The summed E-state index contributed by atoms with van der Waals surface area (Å²) in [5.74, 6) is 0.970. The molecule has 1 amide bonds. The van der Waals surface area contributed by atoms with Gasteiger partial charge in [0.1, 0.15) is 11.1 Å². The number of nitrogens with one attached hydrogen (secondary N) is 1. The predicted octanol–water partition coefficient (Wildman–Crippen LogP) is 5.00. The van der Waals surface area contributed by atoms with Crippen LogP contribution in [0.25, 0.3) is 22.3 Å². The fourth-order valence-electron chi connectivity index (χ4n) is 4.56. The van der Waals surface area contributed by atoms with Gasteiger partial charge in [-0.15, -0.1) is 0 Å². The zero-order chi connectivity index (χ0) is 25.8. The first-order chi connectivity index (χ1) is 17.8. The van der Waals surface area contributed by atoms with Gasteiger partial charge in [0.15, 0.2) is 5.82 Å². The second-order valence-electron chi connectivity index (χ2n) is 10.5. The average Bonchev–Trinajstić information content (AvgIpc) is 3.35. The lowest BCUT2D eigenvalue weighted by Gasteiger charge is -2.34. The van der Waals surface area contributed by atoms with Crippen molar-refractivity contribution in [2.75, 3.05) is 25.0 Å². The molecule has 9 heteroatoms. The van der Waals surface area contributed by atoms with Crippen molar-refractivity contribution in [1.29, 1.82) is 0 Å². The quantitative estimate of drug-likeness (QED) is 0.399. The molecule has 37 heavy (non-hydrogen) atoms. The van der Waals surface area contributed by atoms with Crippen molar-refractivity contribution in [3.8, 4) is 11.3 Å². The number of amides is 1. The van der Waals surface area contributed by atoms with E-state index in [1.807, 2.05) is 67.0 Å². The highest BCUT2D eigenvalue weighted by Crippen LogP contribution is 2.26. The largest absolute Gasteiger partial charge is 0.444 e. The number of pyridine rings is 1. The van der Waals surface area contributed by atoms with Crippen LogP contribution in [0.5, 0.6) is 0 Å². The van der Waals surface area contributed by atoms with E-state index in [4.69, 9.17) is 9.72 Å². The number of carbonyl (C=O) groups is 1. The molecule has 1 aromatic carbocycles. The summed E-state index contributed by atoms with van der Waals surface area (Å²) in [6, 6.07) is 12.2. The third kappa shape index (κ3) is 6.22. The van der Waals surface area contributed by atoms with Crippen LogP contribution < -0.4 is 5.32 Å². The zero-order valence-electron chi connectivity index (χ0n) is 21.6. The van der Waals surface area contributed by atoms with Crippen molar-refractivity contribution in [3.05, 3.63) is 66.7 Å². The number of hydrogen-bond acceptors (Lipinski definition) is 7. The molecule has 0 radical (unpaired) electrons. The van der Waals surface area contributed by atoms with E-state index in [2.05, 4.69) is 32.5 Å². The first-order valence-electron chi connectivity index (χ1n) is 12.7. The lowest BCUT2D eigenvalue weighted by atomic mass is 9.98. The van der Waals surface area contributed by atoms with E-state index in [9.17, 15) is 4.79 Å². The maximum Gasteiger partial charge on any atom is 0.410 e. The zero-order valence-corrected chi connectivity index (χ0v) is 21.6. The Morgan fingerprint density at radius 1 is 1.16 bits per heavy atom. The minimum Gasteiger partial charge on any atom is -0.444 e. The van der Waals surface area contributed by atoms with Crippen LogP contribution in [0, 0.1) is 5.92 Å². The number of benzene rings is 1. The molecule has 1 N–H and O–H groups in total. The van der Waals surface area contributed by atoms with Gasteiger partial charge >= 0.3 is 6.09 Å². The molecule has 0 spiro atoms. The fourth-order valence-corrected chi connectivity index (χ4v) is 4.56. The minimum absolute atomic E-state index is 0.249. The summed E-state index contributed by atoms with van der Waals surface area (Å²) >= 11 is 0. The predicted molar refractivity (Wildman–Crippen MR) is 143 cm³/mol. The molecule has 1 fully saturated rings. The van der Waals surface area contributed by atoms with E-state index in [1.165, 1.54) is 5.56 Å². The molecule has 1 unspecified atom stereocenters. The van der Waals surface area contributed by atoms with E-state index in [1.54, 1.807) is 12.4 Å². The molecule has 4 aromatic rings. The molecule has 0 bridgehead atoms. The highest BCUT2D eigenvalue weighted by molar-refractivity contribution is 5.88. The van der Waals surface area contributed by atoms with Gasteiger partial charge in [-0.1, -0.05) is 30.3 Å². The minimum atomic E-state index is -0.501. The molecule has 5 rings (SSSR count). The van der Waals surface area contributed by atoms with Crippen molar-refractivity contribution >= 4 is 22.9 Å². The first-order valence-corrected chi connectivity index (χ1v) is 12.7. The molecular weight excluding hydrogens is 466 g/mol. The summed E-state index contributed by atoms with van der Waals surface area (Å²) in [5, 5.41) is 8.04. The monoisotopic (exact) mass is 499 g/mol. The number of nitrogens with zero attached hydrogens (tertiary/aromatic N) is 6. The fraction of sp³-hybridized carbons (Fsp3) is 0.393. The number of ether oxygens (including phenoxy) is 1. The molecule has 0 aliphatic carbocycles. The molecule has 192 valence electrons. The maximum atomic E-state index is 12.6. The van der Waals surface area contributed by atoms with Crippen LogP contribution in [0.1, 0.15) is 39.2 Å². The standard InChI is InChI=1S/C28H33N7O2/c1-28(2,3)37-27(36)34-13-7-10-21(17-34)15-31-26-25-24(29-11-12-30-25)14-23(33-26)22-16-32-35(19-22)18-20-8-5-4-6-9-20/h4-6,8-9,11-12,14,16,19,21H,7,10,13,15,17-18H2,1-3H3,(H,31,33). The van der Waals surface area contributed by atoms with Crippen molar-refractivity contribution in [2.24, 2.45) is 5.92 Å². The third-order valence-electron chi connectivity index (χ3n) is 6.30. The van der Waals surface area contributed by atoms with Gasteiger partial charge in [-0.05, 0) is 51.2 Å². The number of aromatic nitrogens is 5. The second kappa shape index (κ2) is 10.5. The van der Waals surface area contributed by atoms with Crippen molar-refractivity contribution in [1.82, 2.24) is 29.6 Å². The van der Waals surface area contributed by atoms with E-state index >= 15 is 0 Å². The number of likely N-dealkylation sites (tertiary alicyclic amines) is 1. The molecule has 0 saturated carbocycles. The van der Waals surface area contributed by atoms with Crippen LogP contribution in [0.3, 0.4) is 0 Å². The summed E-state index contributed by atoms with van der Waals surface area (Å²) in [7, 11) is 0. The molecule has 1 saturated heterocycles. The third-order valence-corrected chi connectivity index (χ3v) is 6.30. The normalized spacial score (nSPS) is 16.1. The Balaban J connectivity index is 1.32. The molecule has 9 nitrogen and oxygen atoms in total. The Morgan fingerprint density at radius 2 is 1.97 bits per heavy atom. The molecule has 1 aliphatic rings. The van der Waals surface area contributed by atoms with Gasteiger partial charge in [-0.3, -0.25) is 9.67 Å². The number of hydrogen-bond donors (Lipinski definition) is 1. The van der Waals surface area contributed by atoms with E-state index in [-0.39, 0.29) is 12.0 Å². The molecule has 4 heterocycles. The SMILES string of the molecule is CC(C)(C)OC(=O)N1CCCC(CNc2nc(-c3cnn(Cc4ccccc4)c3)cc3nccnc23)C1. The van der Waals surface area contributed by atoms with E-state index in [0.29, 0.717) is 25.5 Å². The van der Waals surface area contributed by atoms with Crippen LogP contribution >= 0.6 is 0 Å². The lowest BCUT2D eigenvalue weighted by molar-refractivity contribution is 0.0172. The van der Waals surface area contributed by atoms with E-state index in [0.717, 1.165) is 41.7 Å². The van der Waals surface area contributed by atoms with Crippen molar-refractivity contribution in [3.63, 3.8) is 0 Å². The van der Waals surface area contributed by atoms with Gasteiger partial charge < -0.3 is 15.0 Å². The molecular formula is C28H33N7O2. The Bertz CT molecular complexity index is 1360. The summed E-state index contributed by atoms with van der Waals surface area (Å²) in [4.78, 5) is 28.3. The Kier molecular flexibility index (Phi) is 7.03. The molecule has 1 aliphatic heterocycles. The van der Waals surface area contributed by atoms with Crippen molar-refractivity contribution < 1.29 is 9.53 Å². The second-order valence-corrected chi connectivity index (χ2v) is 10.5. The molecule has 1 atom stereocenters. The Morgan fingerprint density at radius 3 is 2.78 bits per heavy atom. The summed E-state index contributed by atoms with van der Waals surface area (Å²) < 4.78 is 7.49. The Hall–Kier alpha value is -4.01. The van der Waals surface area contributed by atoms with Crippen LogP contribution in [-0.4, -0.2) is 61.0 Å². The van der Waals surface area contributed by atoms with E-state index < -0.39 is 5.60 Å². The number of carbonyl (C=O) groups excluding carboxylic acids is 1. The van der Waals surface area contributed by atoms with Gasteiger partial charge in [0.2, 0.25) is 0 Å². The van der Waals surface area contributed by atoms with Gasteiger partial charge in [-0.2, -0.15) is 5.10 Å².